The number of carboxylic acid groups (broad SMARTS) is 1. The number of halogens is 1. The molecule has 3 unspecified atom stereocenters. The molecule has 632 valence electrons. The van der Waals surface area contributed by atoms with Crippen LogP contribution in [-0.4, -0.2) is 211 Å². The van der Waals surface area contributed by atoms with Crippen LogP contribution >= 0.6 is 11.6 Å². The number of ether oxygens (including phenoxy) is 2. The molecule has 12 aliphatic rings. The van der Waals surface area contributed by atoms with Gasteiger partial charge < -0.3 is 59.3 Å². The first-order chi connectivity index (χ1) is 56.7. The number of aliphatic carboxylic acids is 1. The second-order valence-corrected chi connectivity index (χ2v) is 36.2. The van der Waals surface area contributed by atoms with Crippen LogP contribution in [0.25, 0.3) is 33.1 Å². The summed E-state index contributed by atoms with van der Waals surface area (Å²) in [5, 5.41) is 21.9. The highest BCUT2D eigenvalue weighted by atomic mass is 35.5. The second kappa shape index (κ2) is 40.4. The van der Waals surface area contributed by atoms with Crippen molar-refractivity contribution >= 4 is 74.2 Å². The number of anilines is 2. The normalized spacial score (nSPS) is 28.5. The third-order valence-electron chi connectivity index (χ3n) is 28.4. The largest absolute Gasteiger partial charge is 0.480 e. The molecule has 0 spiro atoms. The van der Waals surface area contributed by atoms with Crippen molar-refractivity contribution in [1.29, 1.82) is 0 Å². The lowest BCUT2D eigenvalue weighted by molar-refractivity contribution is -0.143. The molecule has 9 saturated heterocycles. The summed E-state index contributed by atoms with van der Waals surface area (Å²) in [4.78, 5) is 102. The quantitative estimate of drug-likeness (QED) is 0.0472. The average molecular weight is 1620 g/mol. The van der Waals surface area contributed by atoms with E-state index in [4.69, 9.17) is 36.1 Å². The predicted molar refractivity (Wildman–Crippen MR) is 460 cm³/mol. The number of carbonyl (C=O) groups excluding carboxylic acids is 2. The minimum atomic E-state index is -0.856. The number of para-hydroxylation sites is 6. The van der Waals surface area contributed by atoms with Crippen molar-refractivity contribution in [3.05, 3.63) is 109 Å². The maximum atomic E-state index is 14.2. The van der Waals surface area contributed by atoms with Crippen LogP contribution in [0.2, 0.25) is 5.15 Å². The third kappa shape index (κ3) is 20.1. The number of benzene rings is 3. The molecule has 0 radical (unpaired) electrons. The Hall–Kier alpha value is -6.90. The molecule has 12 heterocycles. The zero-order chi connectivity index (χ0) is 80.0. The van der Waals surface area contributed by atoms with Gasteiger partial charge in [-0.1, -0.05) is 144 Å². The Morgan fingerprint density at radius 3 is 1.08 bits per heavy atom. The molecule has 12 fully saturated rings. The zero-order valence-corrected chi connectivity index (χ0v) is 70.1. The Bertz CT molecular complexity index is 4390. The zero-order valence-electron chi connectivity index (χ0n) is 69.3. The molecular formula is C91H132ClN15O9. The van der Waals surface area contributed by atoms with Crippen LogP contribution in [0.4, 0.5) is 11.6 Å². The van der Waals surface area contributed by atoms with Gasteiger partial charge in [0.25, 0.3) is 16.7 Å². The van der Waals surface area contributed by atoms with Gasteiger partial charge in [-0.15, -0.1) is 0 Å². The predicted octanol–water partition coefficient (Wildman–Crippen LogP) is 13.2. The fourth-order valence-corrected chi connectivity index (χ4v) is 23.4. The smallest absolute Gasteiger partial charge is 0.319 e. The van der Waals surface area contributed by atoms with Gasteiger partial charge in [-0.05, 0) is 192 Å². The molecule has 12 atom stereocenters. The van der Waals surface area contributed by atoms with Crippen LogP contribution < -0.4 is 47.7 Å². The summed E-state index contributed by atoms with van der Waals surface area (Å²) in [6.45, 7) is 9.71. The Balaban J connectivity index is 0.000000129. The van der Waals surface area contributed by atoms with Gasteiger partial charge in [0, 0.05) is 123 Å². The summed E-state index contributed by atoms with van der Waals surface area (Å²) in [5.74, 6) is -0.172. The highest BCUT2D eigenvalue weighted by molar-refractivity contribution is 6.29. The Kier molecular flexibility index (Phi) is 29.3. The molecule has 25 heteroatoms. The number of aromatic nitrogens is 6. The van der Waals surface area contributed by atoms with E-state index in [2.05, 4.69) is 72.0 Å². The number of fused-ring (bicyclic) bond motifs is 9. The van der Waals surface area contributed by atoms with E-state index in [-0.39, 0.29) is 77.1 Å². The van der Waals surface area contributed by atoms with Gasteiger partial charge in [-0.25, -0.2) is 15.0 Å². The number of hydrogen-bond acceptors (Lipinski definition) is 20. The topological polar surface area (TPSA) is 259 Å². The van der Waals surface area contributed by atoms with Gasteiger partial charge in [-0.3, -0.25) is 43.5 Å². The van der Waals surface area contributed by atoms with E-state index in [9.17, 15) is 28.8 Å². The number of carboxylic acids is 1. The minimum absolute atomic E-state index is 0.0152. The van der Waals surface area contributed by atoms with Crippen molar-refractivity contribution in [2.75, 3.05) is 81.9 Å². The van der Waals surface area contributed by atoms with E-state index in [1.54, 1.807) is 0 Å². The lowest BCUT2D eigenvalue weighted by atomic mass is 9.89. The molecule has 5 N–H and O–H groups in total. The van der Waals surface area contributed by atoms with E-state index in [1.165, 1.54) is 173 Å². The van der Waals surface area contributed by atoms with Crippen molar-refractivity contribution in [2.45, 2.75) is 336 Å². The van der Waals surface area contributed by atoms with Crippen LogP contribution in [0.5, 0.6) is 0 Å². The van der Waals surface area contributed by atoms with Gasteiger partial charge in [0.15, 0.2) is 16.8 Å². The number of nitrogens with one attached hydrogen (secondary N) is 4. The van der Waals surface area contributed by atoms with E-state index in [1.807, 2.05) is 79.1 Å². The van der Waals surface area contributed by atoms with E-state index in [0.717, 1.165) is 129 Å². The number of nitrogens with zero attached hydrogens (tertiary/aromatic N) is 11. The first kappa shape index (κ1) is 84.1. The van der Waals surface area contributed by atoms with Gasteiger partial charge >= 0.3 is 17.9 Å². The monoisotopic (exact) mass is 1610 g/mol. The second-order valence-electron chi connectivity index (χ2n) is 35.8. The van der Waals surface area contributed by atoms with Crippen molar-refractivity contribution in [3.8, 4) is 0 Å². The maximum Gasteiger partial charge on any atom is 0.319 e. The fraction of sp³-hybridized carbons (Fsp3) is 0.703. The van der Waals surface area contributed by atoms with Gasteiger partial charge in [0.05, 0.1) is 65.9 Å². The van der Waals surface area contributed by atoms with Crippen molar-refractivity contribution in [2.24, 2.45) is 0 Å². The molecule has 6 aromatic rings. The van der Waals surface area contributed by atoms with Crippen molar-refractivity contribution in [3.63, 3.8) is 0 Å². The highest BCUT2D eigenvalue weighted by Gasteiger charge is 2.48. The SMILES string of the molecule is CCOC(=O)CN[C@H]1CCN(c2nc3ccccc3n(C3C[C@H]4CC[C@@H](C3)N4C3CCCCCCC3)c2=O)C1.CCOC(=O)CN[C@H]1CCNC1.O=C(O)CN[C@H]1CCN(c2nc3ccccc3n(C3C[C@H]4CC[C@@H](C3)N4C3CCCCCCC3)c2=O)C1.O=c1c(Cl)nc2ccccc2n1C1C[C@H]2CC[C@@H](C1)N2C1CCCCCCC1. The average Bonchev–Trinajstić information content (AvgIpc) is 1.52. The van der Waals surface area contributed by atoms with Crippen LogP contribution in [0.1, 0.15) is 263 Å². The summed E-state index contributed by atoms with van der Waals surface area (Å²) in [6, 6.07) is 31.2. The molecule has 6 bridgehead atoms. The van der Waals surface area contributed by atoms with Crippen LogP contribution in [0.3, 0.4) is 0 Å². The summed E-state index contributed by atoms with van der Waals surface area (Å²) in [5.41, 5.74) is 5.36. The van der Waals surface area contributed by atoms with Gasteiger partial charge in [0.1, 0.15) is 0 Å². The maximum absolute atomic E-state index is 14.2. The fourth-order valence-electron chi connectivity index (χ4n) is 23.3. The summed E-state index contributed by atoms with van der Waals surface area (Å²) < 4.78 is 16.0. The molecule has 9 aliphatic heterocycles. The van der Waals surface area contributed by atoms with Crippen molar-refractivity contribution < 1.29 is 29.0 Å². The standard InChI is InChI=1S/C31H45N5O3.C29H41N5O3.C23H30ClN3O.C8H16N2O2/c1-2-39-29(37)20-32-22-16-17-34(21-22)30-31(38)36(28-13-9-8-12-27(28)33-30)26-18-24-14-15-25(19-26)35(24)23-10-6-4-3-5-7-11-23;35-27(36)18-30-20-14-15-32(19-20)28-29(37)34(26-11-7-6-10-25(26)31-28)24-16-22-12-13-23(17-24)33(22)21-8-4-2-1-3-5-9-21;24-22-23(28)27(21-11-7-6-10-20(21)25-22)19-14-17-12-13-18(15-19)26(17)16-8-4-2-1-3-5-9-16;1-2-12-8(11)6-10-7-3-4-9-5-7/h8-9,12-13,22-26,32H,2-7,10-11,14-21H2,1H3;6-7,10-11,20-24,30H,1-5,8-9,12-19H2,(H,35,36);6-7,10-11,16-19H,1-5,8-9,12-15H2;7,9-10H,2-6H2,1H3/t22-,24-,25+,26?;20-,22-,23+,24?;17-,18+,19?;7-/m00.0/s1. The molecule has 3 aromatic carbocycles. The minimum Gasteiger partial charge on any atom is -0.480 e. The first-order valence-corrected chi connectivity index (χ1v) is 46.1. The van der Waals surface area contributed by atoms with Crippen LogP contribution in [0.15, 0.2) is 87.2 Å². The number of hydrogen-bond donors (Lipinski definition) is 5. The lowest BCUT2D eigenvalue weighted by Gasteiger charge is -2.45. The molecule has 18 rings (SSSR count). The molecular weight excluding hydrogens is 1480 g/mol. The highest BCUT2D eigenvalue weighted by Crippen LogP contribution is 2.48. The van der Waals surface area contributed by atoms with Gasteiger partial charge in [0.2, 0.25) is 0 Å². The van der Waals surface area contributed by atoms with Gasteiger partial charge in [-0.2, -0.15) is 0 Å². The Labute approximate surface area is 690 Å². The molecule has 24 nitrogen and oxygen atoms in total. The number of esters is 2. The molecule has 116 heavy (non-hydrogen) atoms. The summed E-state index contributed by atoms with van der Waals surface area (Å²) in [7, 11) is 0. The summed E-state index contributed by atoms with van der Waals surface area (Å²) in [6.07, 6.45) is 45.6. The van der Waals surface area contributed by atoms with Crippen molar-refractivity contribution in [1.82, 2.24) is 64.6 Å². The third-order valence-corrected chi connectivity index (χ3v) is 28.7. The molecule has 3 aromatic heterocycles. The lowest BCUT2D eigenvalue weighted by Crippen LogP contribution is -2.50. The summed E-state index contributed by atoms with van der Waals surface area (Å²) >= 11 is 6.23. The number of piperidine rings is 3. The Morgan fingerprint density at radius 2 is 0.733 bits per heavy atom. The van der Waals surface area contributed by atoms with Crippen LogP contribution in [-0.2, 0) is 23.9 Å². The Morgan fingerprint density at radius 1 is 0.405 bits per heavy atom. The first-order valence-electron chi connectivity index (χ1n) is 45.7. The van der Waals surface area contributed by atoms with Crippen LogP contribution in [0, 0.1) is 0 Å². The van der Waals surface area contributed by atoms with E-state index >= 15 is 0 Å². The molecule has 0 amide bonds. The van der Waals surface area contributed by atoms with E-state index < -0.39 is 5.97 Å². The molecule has 3 saturated carbocycles. The van der Waals surface area contributed by atoms with E-state index in [0.29, 0.717) is 93.3 Å². The number of carbonyl (C=O) groups is 3. The number of rotatable bonds is 19. The molecule has 3 aliphatic carbocycles.